The van der Waals surface area contributed by atoms with E-state index in [0.717, 1.165) is 50.8 Å². The molecule has 3 aliphatic rings. The SMILES string of the molecule is CC(C)N1CCC(c2ccc(CCC(C#N)NC(=O)C3NC4CCC3C4)c(F)c2)CC1. The number of nitriles is 1. The van der Waals surface area contributed by atoms with Gasteiger partial charge in [0.2, 0.25) is 5.91 Å². The highest BCUT2D eigenvalue weighted by Crippen LogP contribution is 2.35. The van der Waals surface area contributed by atoms with Crippen LogP contribution in [0.25, 0.3) is 0 Å². The van der Waals surface area contributed by atoms with Crippen molar-refractivity contribution < 1.29 is 9.18 Å². The van der Waals surface area contributed by atoms with Crippen molar-refractivity contribution >= 4 is 5.91 Å². The third kappa shape index (κ3) is 5.10. The molecular weight excluding hydrogens is 391 g/mol. The first-order valence-electron chi connectivity index (χ1n) is 11.9. The molecule has 2 heterocycles. The molecule has 0 aromatic heterocycles. The van der Waals surface area contributed by atoms with Gasteiger partial charge in [-0.05, 0) is 101 Å². The zero-order valence-corrected chi connectivity index (χ0v) is 18.7. The number of amides is 1. The molecule has 4 rings (SSSR count). The molecule has 4 atom stereocenters. The topological polar surface area (TPSA) is 68.2 Å². The van der Waals surface area contributed by atoms with Gasteiger partial charge in [0.05, 0.1) is 12.1 Å². The number of benzene rings is 1. The number of hydrogen-bond donors (Lipinski definition) is 2. The minimum absolute atomic E-state index is 0.0812. The van der Waals surface area contributed by atoms with Crippen LogP contribution in [0.5, 0.6) is 0 Å². The minimum atomic E-state index is -0.590. The second-order valence-corrected chi connectivity index (χ2v) is 9.90. The van der Waals surface area contributed by atoms with E-state index in [2.05, 4.69) is 35.5 Å². The molecule has 0 spiro atoms. The van der Waals surface area contributed by atoms with Gasteiger partial charge in [-0.3, -0.25) is 4.79 Å². The molecule has 168 valence electrons. The summed E-state index contributed by atoms with van der Waals surface area (Å²) in [4.78, 5) is 15.0. The lowest BCUT2D eigenvalue weighted by Gasteiger charge is -2.34. The first-order chi connectivity index (χ1) is 14.9. The van der Waals surface area contributed by atoms with E-state index in [4.69, 9.17) is 0 Å². The number of fused-ring (bicyclic) bond motifs is 2. The smallest absolute Gasteiger partial charge is 0.238 e. The quantitative estimate of drug-likeness (QED) is 0.700. The largest absolute Gasteiger partial charge is 0.339 e. The molecule has 1 aliphatic carbocycles. The average molecular weight is 427 g/mol. The number of likely N-dealkylation sites (tertiary alicyclic amines) is 1. The number of nitrogens with one attached hydrogen (secondary N) is 2. The Balaban J connectivity index is 1.29. The summed E-state index contributed by atoms with van der Waals surface area (Å²) in [5.74, 6) is 0.532. The molecule has 1 aromatic carbocycles. The van der Waals surface area contributed by atoms with E-state index in [-0.39, 0.29) is 17.8 Å². The molecule has 0 radical (unpaired) electrons. The van der Waals surface area contributed by atoms with Crippen molar-refractivity contribution in [1.82, 2.24) is 15.5 Å². The van der Waals surface area contributed by atoms with Gasteiger partial charge in [-0.2, -0.15) is 5.26 Å². The van der Waals surface area contributed by atoms with E-state index in [1.807, 2.05) is 12.1 Å². The fourth-order valence-electron chi connectivity index (χ4n) is 5.65. The van der Waals surface area contributed by atoms with Crippen molar-refractivity contribution in [3.8, 4) is 6.07 Å². The summed E-state index contributed by atoms with van der Waals surface area (Å²) in [6, 6.07) is 8.03. The first-order valence-corrected chi connectivity index (χ1v) is 11.9. The van der Waals surface area contributed by atoms with E-state index in [0.29, 0.717) is 42.3 Å². The van der Waals surface area contributed by atoms with E-state index in [1.54, 1.807) is 6.07 Å². The van der Waals surface area contributed by atoms with E-state index in [1.165, 1.54) is 0 Å². The summed E-state index contributed by atoms with van der Waals surface area (Å²) in [6.45, 7) is 6.57. The number of aryl methyl sites for hydroxylation is 1. The lowest BCUT2D eigenvalue weighted by Crippen LogP contribution is -2.50. The molecule has 2 saturated heterocycles. The maximum absolute atomic E-state index is 14.8. The Bertz CT molecular complexity index is 827. The Morgan fingerprint density at radius 2 is 2.06 bits per heavy atom. The second kappa shape index (κ2) is 9.67. The zero-order valence-electron chi connectivity index (χ0n) is 18.7. The monoisotopic (exact) mass is 426 g/mol. The molecule has 1 aromatic rings. The highest BCUT2D eigenvalue weighted by atomic mass is 19.1. The van der Waals surface area contributed by atoms with Crippen LogP contribution in [0.2, 0.25) is 0 Å². The van der Waals surface area contributed by atoms with Gasteiger partial charge in [0, 0.05) is 12.1 Å². The van der Waals surface area contributed by atoms with Crippen molar-refractivity contribution in [3.05, 3.63) is 35.1 Å². The van der Waals surface area contributed by atoms with Crippen LogP contribution in [0.4, 0.5) is 4.39 Å². The number of nitrogens with zero attached hydrogens (tertiary/aromatic N) is 2. The van der Waals surface area contributed by atoms with Gasteiger partial charge in [0.15, 0.2) is 0 Å². The van der Waals surface area contributed by atoms with Crippen LogP contribution < -0.4 is 10.6 Å². The molecule has 31 heavy (non-hydrogen) atoms. The number of hydrogen-bond acceptors (Lipinski definition) is 4. The van der Waals surface area contributed by atoms with Crippen molar-refractivity contribution in [1.29, 1.82) is 5.26 Å². The fraction of sp³-hybridized carbons (Fsp3) is 0.680. The number of rotatable bonds is 7. The van der Waals surface area contributed by atoms with Gasteiger partial charge < -0.3 is 15.5 Å². The van der Waals surface area contributed by atoms with Gasteiger partial charge in [-0.1, -0.05) is 12.1 Å². The third-order valence-electron chi connectivity index (χ3n) is 7.63. The zero-order chi connectivity index (χ0) is 22.0. The summed E-state index contributed by atoms with van der Waals surface area (Å²) >= 11 is 0. The van der Waals surface area contributed by atoms with Gasteiger partial charge in [0.1, 0.15) is 11.9 Å². The molecule has 2 bridgehead atoms. The lowest BCUT2D eigenvalue weighted by molar-refractivity contribution is -0.124. The Morgan fingerprint density at radius 3 is 2.65 bits per heavy atom. The van der Waals surface area contributed by atoms with E-state index in [9.17, 15) is 14.4 Å². The minimum Gasteiger partial charge on any atom is -0.339 e. The predicted octanol–water partition coefficient (Wildman–Crippen LogP) is 3.49. The summed E-state index contributed by atoms with van der Waals surface area (Å²) < 4.78 is 14.8. The Hall–Kier alpha value is -1.97. The van der Waals surface area contributed by atoms with E-state index >= 15 is 0 Å². The molecule has 2 aliphatic heterocycles. The molecule has 6 heteroatoms. The highest BCUT2D eigenvalue weighted by Gasteiger charge is 2.43. The normalized spacial score (nSPS) is 27.4. The van der Waals surface area contributed by atoms with Crippen molar-refractivity contribution in [2.45, 2.75) is 88.9 Å². The van der Waals surface area contributed by atoms with Crippen LogP contribution in [0, 0.1) is 23.1 Å². The van der Waals surface area contributed by atoms with Gasteiger partial charge in [0.25, 0.3) is 0 Å². The Labute approximate surface area is 185 Å². The van der Waals surface area contributed by atoms with Crippen LogP contribution in [0.1, 0.15) is 69.4 Å². The first kappa shape index (κ1) is 22.2. The number of carbonyl (C=O) groups is 1. The van der Waals surface area contributed by atoms with Crippen molar-refractivity contribution in [2.75, 3.05) is 13.1 Å². The fourth-order valence-corrected chi connectivity index (χ4v) is 5.65. The highest BCUT2D eigenvalue weighted by molar-refractivity contribution is 5.83. The molecule has 2 N–H and O–H groups in total. The van der Waals surface area contributed by atoms with Gasteiger partial charge in [-0.25, -0.2) is 4.39 Å². The third-order valence-corrected chi connectivity index (χ3v) is 7.63. The Morgan fingerprint density at radius 1 is 1.29 bits per heavy atom. The molecular formula is C25H35FN4O. The summed E-state index contributed by atoms with van der Waals surface area (Å²) in [6.07, 6.45) is 6.28. The van der Waals surface area contributed by atoms with Gasteiger partial charge >= 0.3 is 0 Å². The number of halogens is 1. The van der Waals surface area contributed by atoms with Crippen molar-refractivity contribution in [3.63, 3.8) is 0 Å². The maximum atomic E-state index is 14.8. The molecule has 1 amide bonds. The van der Waals surface area contributed by atoms with Gasteiger partial charge in [-0.15, -0.1) is 0 Å². The van der Waals surface area contributed by atoms with Crippen LogP contribution in [0.15, 0.2) is 18.2 Å². The van der Waals surface area contributed by atoms with Crippen molar-refractivity contribution in [2.24, 2.45) is 5.92 Å². The number of carbonyl (C=O) groups excluding carboxylic acids is 1. The molecule has 1 saturated carbocycles. The molecule has 4 unspecified atom stereocenters. The maximum Gasteiger partial charge on any atom is 0.238 e. The molecule has 3 fully saturated rings. The summed E-state index contributed by atoms with van der Waals surface area (Å²) in [5, 5.41) is 15.7. The van der Waals surface area contributed by atoms with Crippen LogP contribution in [0.3, 0.4) is 0 Å². The summed E-state index contributed by atoms with van der Waals surface area (Å²) in [5.41, 5.74) is 1.70. The summed E-state index contributed by atoms with van der Waals surface area (Å²) in [7, 11) is 0. The van der Waals surface area contributed by atoms with Crippen LogP contribution >= 0.6 is 0 Å². The number of piperidine rings is 2. The lowest BCUT2D eigenvalue weighted by atomic mass is 9.88. The second-order valence-electron chi connectivity index (χ2n) is 9.90. The average Bonchev–Trinajstić information content (AvgIpc) is 3.41. The van der Waals surface area contributed by atoms with Crippen LogP contribution in [-0.4, -0.2) is 48.1 Å². The molecule has 5 nitrogen and oxygen atoms in total. The predicted molar refractivity (Wildman–Crippen MR) is 119 cm³/mol. The van der Waals surface area contributed by atoms with Crippen LogP contribution in [-0.2, 0) is 11.2 Å². The Kier molecular flexibility index (Phi) is 6.93. The standard InChI is InChI=1S/C25H35FN4O/c1-16(2)30-11-9-17(10-12-30)19-4-3-18(23(26)14-19)5-8-22(15-27)29-25(31)24-20-6-7-21(13-20)28-24/h3-4,14,16-17,20-22,24,28H,5-13H2,1-2H3,(H,29,31). The van der Waals surface area contributed by atoms with E-state index < -0.39 is 6.04 Å².